The lowest BCUT2D eigenvalue weighted by atomic mass is 9.99. The Hall–Kier alpha value is -1.72. The van der Waals surface area contributed by atoms with Gasteiger partial charge in [-0.15, -0.1) is 0 Å². The van der Waals surface area contributed by atoms with E-state index in [0.717, 1.165) is 0 Å². The molecule has 0 radical (unpaired) electrons. The first-order chi connectivity index (χ1) is 13.5. The highest BCUT2D eigenvalue weighted by Gasteiger charge is 2.45. The van der Waals surface area contributed by atoms with E-state index in [1.54, 1.807) is 25.2 Å². The van der Waals surface area contributed by atoms with Gasteiger partial charge in [-0.25, -0.2) is 0 Å². The maximum Gasteiger partial charge on any atom is 0.187 e. The predicted molar refractivity (Wildman–Crippen MR) is 100 cm³/mol. The van der Waals surface area contributed by atoms with E-state index in [1.165, 1.54) is 6.08 Å². The molecule has 0 unspecified atom stereocenters. The molecule has 7 atom stereocenters. The van der Waals surface area contributed by atoms with E-state index >= 15 is 0 Å². The van der Waals surface area contributed by atoms with E-state index in [1.807, 2.05) is 0 Å². The monoisotopic (exact) mass is 396 g/mol. The average Bonchev–Trinajstić information content (AvgIpc) is 2.69. The van der Waals surface area contributed by atoms with Gasteiger partial charge in [0.15, 0.2) is 6.29 Å². The Morgan fingerprint density at radius 1 is 1.11 bits per heavy atom. The van der Waals surface area contributed by atoms with Crippen LogP contribution in [0.3, 0.4) is 0 Å². The Kier molecular flexibility index (Phi) is 11.7. The van der Waals surface area contributed by atoms with Crippen molar-refractivity contribution in [2.45, 2.75) is 62.7 Å². The number of ether oxygens (including phenoxy) is 2. The Balaban J connectivity index is 2.92. The first-order valence-electron chi connectivity index (χ1n) is 9.00. The molecule has 0 bridgehead atoms. The van der Waals surface area contributed by atoms with Gasteiger partial charge in [-0.2, -0.15) is 0 Å². The lowest BCUT2D eigenvalue weighted by molar-refractivity contribution is -0.311. The molecule has 156 valence electrons. The van der Waals surface area contributed by atoms with Crippen molar-refractivity contribution in [3.63, 3.8) is 0 Å². The highest BCUT2D eigenvalue weighted by atomic mass is 16.7. The van der Waals surface area contributed by atoms with Crippen LogP contribution >= 0.6 is 0 Å². The fraction of sp³-hybridized carbons (Fsp3) is 0.600. The molecule has 0 aromatic heterocycles. The Morgan fingerprint density at radius 2 is 1.86 bits per heavy atom. The third-order valence-corrected chi connectivity index (χ3v) is 3.91. The molecule has 0 amide bonds. The number of unbranched alkanes of at least 4 members (excludes halogenated alkanes) is 1. The zero-order valence-corrected chi connectivity index (χ0v) is 15.7. The van der Waals surface area contributed by atoms with Crippen LogP contribution < -0.4 is 0 Å². The molecule has 28 heavy (non-hydrogen) atoms. The van der Waals surface area contributed by atoms with Crippen LogP contribution in [0.2, 0.25) is 0 Å². The Labute approximate surface area is 164 Å². The minimum Gasteiger partial charge on any atom is -0.396 e. The van der Waals surface area contributed by atoms with Crippen LogP contribution in [0.15, 0.2) is 24.3 Å². The van der Waals surface area contributed by atoms with Crippen molar-refractivity contribution in [3.8, 4) is 23.7 Å². The lowest BCUT2D eigenvalue weighted by Gasteiger charge is -2.40. The number of aliphatic hydroxyl groups is 6. The number of allylic oxidation sites excluding steroid dienone is 3. The standard InChI is InChI=1S/C20H28O8/c1-2-3-4-5-7-10-14(23)15(11-8-6-9-12-21)27-20-19(26)18(25)17(24)16(13-22)28-20/h2-3,8,11,14-26H,6,9,12-13H2,1H3/b3-2-,11-8+/t14-,15-,16+,17+,18-,19+,20+/m0/s1. The smallest absolute Gasteiger partial charge is 0.187 e. The van der Waals surface area contributed by atoms with E-state index in [9.17, 15) is 25.5 Å². The molecule has 1 heterocycles. The maximum atomic E-state index is 10.3. The second kappa shape index (κ2) is 13.5. The van der Waals surface area contributed by atoms with E-state index in [-0.39, 0.29) is 6.61 Å². The van der Waals surface area contributed by atoms with Gasteiger partial charge >= 0.3 is 0 Å². The molecule has 1 rings (SSSR count). The van der Waals surface area contributed by atoms with Crippen LogP contribution in [0.1, 0.15) is 19.8 Å². The van der Waals surface area contributed by atoms with Gasteiger partial charge in [0, 0.05) is 6.61 Å². The molecule has 8 nitrogen and oxygen atoms in total. The van der Waals surface area contributed by atoms with Crippen LogP contribution in [0, 0.1) is 23.7 Å². The molecular weight excluding hydrogens is 368 g/mol. The molecule has 8 heteroatoms. The van der Waals surface area contributed by atoms with Gasteiger partial charge in [0.25, 0.3) is 0 Å². The van der Waals surface area contributed by atoms with Gasteiger partial charge in [-0.05, 0) is 37.7 Å². The van der Waals surface area contributed by atoms with Crippen LogP contribution in [-0.4, -0.2) is 86.8 Å². The molecule has 0 aromatic carbocycles. The highest BCUT2D eigenvalue weighted by molar-refractivity contribution is 5.32. The molecule has 1 aliphatic heterocycles. The first-order valence-corrected chi connectivity index (χ1v) is 9.00. The third-order valence-electron chi connectivity index (χ3n) is 3.91. The second-order valence-corrected chi connectivity index (χ2v) is 6.08. The maximum absolute atomic E-state index is 10.3. The van der Waals surface area contributed by atoms with Gasteiger partial charge in [0.1, 0.15) is 36.6 Å². The Bertz CT molecular complexity index is 622. The second-order valence-electron chi connectivity index (χ2n) is 6.08. The van der Waals surface area contributed by atoms with Crippen molar-refractivity contribution in [2.75, 3.05) is 13.2 Å². The summed E-state index contributed by atoms with van der Waals surface area (Å²) in [7, 11) is 0. The van der Waals surface area contributed by atoms with Crippen LogP contribution in [0.5, 0.6) is 0 Å². The quantitative estimate of drug-likeness (QED) is 0.165. The van der Waals surface area contributed by atoms with Crippen molar-refractivity contribution in [1.29, 1.82) is 0 Å². The SMILES string of the molecule is C/C=C\C#CC#C[C@H](O)[C@H](/C=C/CCCO)O[C@@H]1O[C@H](CO)[C@@H](O)[C@H](O)[C@H]1O. The summed E-state index contributed by atoms with van der Waals surface area (Å²) >= 11 is 0. The minimum atomic E-state index is -1.60. The van der Waals surface area contributed by atoms with Crippen LogP contribution in [-0.2, 0) is 9.47 Å². The summed E-state index contributed by atoms with van der Waals surface area (Å²) in [4.78, 5) is 0. The van der Waals surface area contributed by atoms with Gasteiger partial charge in [0.2, 0.25) is 0 Å². The summed E-state index contributed by atoms with van der Waals surface area (Å²) < 4.78 is 10.9. The number of hydrogen-bond acceptors (Lipinski definition) is 8. The van der Waals surface area contributed by atoms with Crippen molar-refractivity contribution >= 4 is 0 Å². The fourth-order valence-electron chi connectivity index (χ4n) is 2.35. The molecule has 6 N–H and O–H groups in total. The summed E-state index contributed by atoms with van der Waals surface area (Å²) in [5, 5.41) is 58.2. The van der Waals surface area contributed by atoms with Gasteiger partial charge in [-0.3, -0.25) is 0 Å². The molecule has 0 aromatic rings. The topological polar surface area (TPSA) is 140 Å². The average molecular weight is 396 g/mol. The normalized spacial score (nSPS) is 29.8. The zero-order chi connectivity index (χ0) is 20.9. The number of aliphatic hydroxyl groups excluding tert-OH is 6. The summed E-state index contributed by atoms with van der Waals surface area (Å²) in [6, 6.07) is 0. The summed E-state index contributed by atoms with van der Waals surface area (Å²) in [5.41, 5.74) is 0. The van der Waals surface area contributed by atoms with Crippen molar-refractivity contribution in [3.05, 3.63) is 24.3 Å². The number of rotatable bonds is 8. The molecule has 1 fully saturated rings. The van der Waals surface area contributed by atoms with E-state index in [0.29, 0.717) is 12.8 Å². The van der Waals surface area contributed by atoms with Gasteiger partial charge in [-0.1, -0.05) is 30.1 Å². The zero-order valence-electron chi connectivity index (χ0n) is 15.7. The highest BCUT2D eigenvalue weighted by Crippen LogP contribution is 2.23. The summed E-state index contributed by atoms with van der Waals surface area (Å²) in [5.74, 6) is 10.2. The first kappa shape index (κ1) is 24.3. The van der Waals surface area contributed by atoms with E-state index < -0.39 is 49.5 Å². The minimum absolute atomic E-state index is 0.00543. The number of hydrogen-bond donors (Lipinski definition) is 6. The fourth-order valence-corrected chi connectivity index (χ4v) is 2.35. The molecule has 0 aliphatic carbocycles. The van der Waals surface area contributed by atoms with Crippen molar-refractivity contribution < 1.29 is 40.1 Å². The molecule has 1 aliphatic rings. The lowest BCUT2D eigenvalue weighted by Crippen LogP contribution is -2.60. The van der Waals surface area contributed by atoms with Gasteiger partial charge < -0.3 is 40.1 Å². The molecule has 0 spiro atoms. The third kappa shape index (κ3) is 7.72. The van der Waals surface area contributed by atoms with E-state index in [4.69, 9.17) is 14.6 Å². The predicted octanol–water partition coefficient (Wildman–Crippen LogP) is -1.56. The largest absolute Gasteiger partial charge is 0.396 e. The van der Waals surface area contributed by atoms with Crippen LogP contribution in [0.4, 0.5) is 0 Å². The summed E-state index contributed by atoms with van der Waals surface area (Å²) in [6.45, 7) is 1.22. The van der Waals surface area contributed by atoms with Gasteiger partial charge in [0.05, 0.1) is 6.61 Å². The van der Waals surface area contributed by atoms with Crippen molar-refractivity contribution in [2.24, 2.45) is 0 Å². The van der Waals surface area contributed by atoms with Crippen LogP contribution in [0.25, 0.3) is 0 Å². The summed E-state index contributed by atoms with van der Waals surface area (Å²) in [6.07, 6.45) is -2.07. The molecule has 1 saturated heterocycles. The van der Waals surface area contributed by atoms with Crippen molar-refractivity contribution in [1.82, 2.24) is 0 Å². The van der Waals surface area contributed by atoms with E-state index in [2.05, 4.69) is 23.7 Å². The molecular formula is C20H28O8. The molecule has 0 saturated carbocycles. The Morgan fingerprint density at radius 3 is 2.50 bits per heavy atom.